The summed E-state index contributed by atoms with van der Waals surface area (Å²) in [6, 6.07) is 24.9. The van der Waals surface area contributed by atoms with Gasteiger partial charge in [0.05, 0.1) is 10.9 Å². The molecule has 0 unspecified atom stereocenters. The Bertz CT molecular complexity index is 947. The molecule has 5 nitrogen and oxygen atoms in total. The fourth-order valence-corrected chi connectivity index (χ4v) is 3.07. The lowest BCUT2D eigenvalue weighted by atomic mass is 10.1. The van der Waals surface area contributed by atoms with E-state index in [4.69, 9.17) is 4.74 Å². The van der Waals surface area contributed by atoms with Crippen molar-refractivity contribution in [2.75, 3.05) is 6.61 Å². The highest BCUT2D eigenvalue weighted by Gasteiger charge is 2.09. The third-order valence-electron chi connectivity index (χ3n) is 3.95. The van der Waals surface area contributed by atoms with E-state index in [1.807, 2.05) is 72.8 Å². The Labute approximate surface area is 171 Å². The lowest BCUT2D eigenvalue weighted by molar-refractivity contribution is -0.129. The van der Waals surface area contributed by atoms with E-state index in [0.717, 1.165) is 21.2 Å². The first-order chi connectivity index (χ1) is 13.6. The Morgan fingerprint density at radius 1 is 0.786 bits per heavy atom. The van der Waals surface area contributed by atoms with Crippen LogP contribution < -0.4 is 15.6 Å². The van der Waals surface area contributed by atoms with Gasteiger partial charge in [-0.1, -0.05) is 66.7 Å². The normalized spacial score (nSPS) is 10.2. The monoisotopic (exact) mass is 438 g/mol. The van der Waals surface area contributed by atoms with E-state index in [-0.39, 0.29) is 18.9 Å². The van der Waals surface area contributed by atoms with Crippen molar-refractivity contribution in [3.8, 4) is 16.9 Å². The summed E-state index contributed by atoms with van der Waals surface area (Å²) in [6.45, 7) is -0.213. The molecule has 28 heavy (non-hydrogen) atoms. The maximum Gasteiger partial charge on any atom is 0.276 e. The van der Waals surface area contributed by atoms with Crippen LogP contribution >= 0.6 is 15.9 Å². The van der Waals surface area contributed by atoms with E-state index in [9.17, 15) is 9.59 Å². The molecule has 0 aromatic heterocycles. The molecule has 0 heterocycles. The molecule has 3 aromatic carbocycles. The molecule has 3 rings (SSSR count). The summed E-state index contributed by atoms with van der Waals surface area (Å²) in [4.78, 5) is 23.8. The van der Waals surface area contributed by atoms with Gasteiger partial charge < -0.3 is 4.74 Å². The lowest BCUT2D eigenvalue weighted by Gasteiger charge is -2.11. The number of halogens is 1. The largest absolute Gasteiger partial charge is 0.483 e. The molecule has 3 aromatic rings. The summed E-state index contributed by atoms with van der Waals surface area (Å²) in [5, 5.41) is 0. The Balaban J connectivity index is 1.47. The molecule has 2 N–H and O–H groups in total. The number of carbonyl (C=O) groups is 2. The number of rotatable bonds is 6. The first-order valence-corrected chi connectivity index (χ1v) is 9.50. The topological polar surface area (TPSA) is 67.4 Å². The van der Waals surface area contributed by atoms with Crippen LogP contribution in [-0.4, -0.2) is 18.4 Å². The highest BCUT2D eigenvalue weighted by molar-refractivity contribution is 9.10. The van der Waals surface area contributed by atoms with Crippen molar-refractivity contribution in [3.63, 3.8) is 0 Å². The number of hydrazine groups is 1. The fraction of sp³-hybridized carbons (Fsp3) is 0.0909. The molecule has 0 aliphatic carbocycles. The number of benzene rings is 3. The number of hydrogen-bond acceptors (Lipinski definition) is 3. The van der Waals surface area contributed by atoms with Crippen LogP contribution in [0.15, 0.2) is 83.3 Å². The molecule has 0 radical (unpaired) electrons. The van der Waals surface area contributed by atoms with E-state index in [2.05, 4.69) is 26.8 Å². The van der Waals surface area contributed by atoms with E-state index in [0.29, 0.717) is 5.75 Å². The molecule has 0 fully saturated rings. The zero-order valence-corrected chi connectivity index (χ0v) is 16.6. The predicted octanol–water partition coefficient (Wildman–Crippen LogP) is 3.89. The van der Waals surface area contributed by atoms with Crippen LogP contribution in [0.5, 0.6) is 5.75 Å². The zero-order chi connectivity index (χ0) is 19.8. The number of ether oxygens (including phenoxy) is 1. The van der Waals surface area contributed by atoms with Crippen LogP contribution in [0.4, 0.5) is 0 Å². The molecule has 0 aliphatic heterocycles. The van der Waals surface area contributed by atoms with Crippen molar-refractivity contribution in [1.82, 2.24) is 10.9 Å². The van der Waals surface area contributed by atoms with E-state index in [1.165, 1.54) is 0 Å². The highest BCUT2D eigenvalue weighted by atomic mass is 79.9. The fourth-order valence-electron chi connectivity index (χ4n) is 2.57. The summed E-state index contributed by atoms with van der Waals surface area (Å²) in [6.07, 6.45) is 0.189. The minimum Gasteiger partial charge on any atom is -0.483 e. The van der Waals surface area contributed by atoms with Gasteiger partial charge in [-0.15, -0.1) is 0 Å². The van der Waals surface area contributed by atoms with Crippen molar-refractivity contribution in [1.29, 1.82) is 0 Å². The average Bonchev–Trinajstić information content (AvgIpc) is 2.72. The lowest BCUT2D eigenvalue weighted by Crippen LogP contribution is -2.44. The summed E-state index contributed by atoms with van der Waals surface area (Å²) in [7, 11) is 0. The maximum atomic E-state index is 11.9. The van der Waals surface area contributed by atoms with Crippen molar-refractivity contribution < 1.29 is 14.3 Å². The van der Waals surface area contributed by atoms with Gasteiger partial charge in [-0.3, -0.25) is 20.4 Å². The van der Waals surface area contributed by atoms with Crippen LogP contribution in [0.3, 0.4) is 0 Å². The third-order valence-corrected chi connectivity index (χ3v) is 4.57. The smallest absolute Gasteiger partial charge is 0.276 e. The van der Waals surface area contributed by atoms with Gasteiger partial charge in [-0.05, 0) is 44.8 Å². The van der Waals surface area contributed by atoms with Gasteiger partial charge >= 0.3 is 0 Å². The van der Waals surface area contributed by atoms with Crippen LogP contribution in [0.25, 0.3) is 11.1 Å². The van der Waals surface area contributed by atoms with Gasteiger partial charge in [0.25, 0.3) is 5.91 Å². The van der Waals surface area contributed by atoms with E-state index in [1.54, 1.807) is 6.07 Å². The molecular weight excluding hydrogens is 420 g/mol. The van der Waals surface area contributed by atoms with Crippen molar-refractivity contribution in [3.05, 3.63) is 88.9 Å². The molecule has 0 spiro atoms. The number of hydrogen-bond donors (Lipinski definition) is 2. The Kier molecular flexibility index (Phi) is 6.81. The molecule has 0 saturated carbocycles. The molecule has 0 bridgehead atoms. The minimum absolute atomic E-state index is 0.189. The van der Waals surface area contributed by atoms with Gasteiger partial charge in [-0.25, -0.2) is 0 Å². The summed E-state index contributed by atoms with van der Waals surface area (Å²) in [5.74, 6) is -0.196. The molecular formula is C22H19BrN2O3. The average molecular weight is 439 g/mol. The summed E-state index contributed by atoms with van der Waals surface area (Å²) in [5.41, 5.74) is 7.73. The zero-order valence-electron chi connectivity index (χ0n) is 15.0. The quantitative estimate of drug-likeness (QED) is 0.573. The predicted molar refractivity (Wildman–Crippen MR) is 112 cm³/mol. The van der Waals surface area contributed by atoms with Crippen LogP contribution in [0, 0.1) is 0 Å². The Hall–Kier alpha value is -3.12. The van der Waals surface area contributed by atoms with Gasteiger partial charge in [-0.2, -0.15) is 0 Å². The highest BCUT2D eigenvalue weighted by Crippen LogP contribution is 2.30. The van der Waals surface area contributed by atoms with Crippen molar-refractivity contribution in [2.45, 2.75) is 6.42 Å². The van der Waals surface area contributed by atoms with Crippen LogP contribution in [-0.2, 0) is 16.0 Å². The first-order valence-electron chi connectivity index (χ1n) is 8.71. The summed E-state index contributed by atoms with van der Waals surface area (Å²) < 4.78 is 6.27. The van der Waals surface area contributed by atoms with Crippen molar-refractivity contribution >= 4 is 27.7 Å². The van der Waals surface area contributed by atoms with E-state index < -0.39 is 5.91 Å². The number of carbonyl (C=O) groups excluding carboxylic acids is 2. The SMILES string of the molecule is O=C(COc1ccc(-c2ccccc2)cc1Br)NNC(=O)Cc1ccccc1. The second-order valence-corrected chi connectivity index (χ2v) is 6.91. The maximum absolute atomic E-state index is 11.9. The molecule has 2 amide bonds. The standard InChI is InChI=1S/C22H19BrN2O3/c23-19-14-18(17-9-5-2-6-10-17)11-12-20(19)28-15-22(27)25-24-21(26)13-16-7-3-1-4-8-16/h1-12,14H,13,15H2,(H,24,26)(H,25,27). The second-order valence-electron chi connectivity index (χ2n) is 6.06. The Morgan fingerprint density at radius 2 is 1.43 bits per heavy atom. The number of nitrogens with one attached hydrogen (secondary N) is 2. The Morgan fingerprint density at radius 3 is 2.11 bits per heavy atom. The summed E-state index contributed by atoms with van der Waals surface area (Å²) >= 11 is 3.47. The van der Waals surface area contributed by atoms with Crippen LogP contribution in [0.1, 0.15) is 5.56 Å². The van der Waals surface area contributed by atoms with Crippen LogP contribution in [0.2, 0.25) is 0 Å². The van der Waals surface area contributed by atoms with Gasteiger partial charge in [0, 0.05) is 0 Å². The third kappa shape index (κ3) is 5.69. The van der Waals surface area contributed by atoms with Gasteiger partial charge in [0.2, 0.25) is 5.91 Å². The van der Waals surface area contributed by atoms with Gasteiger partial charge in [0.15, 0.2) is 6.61 Å². The second kappa shape index (κ2) is 9.71. The molecule has 0 saturated heterocycles. The minimum atomic E-state index is -0.444. The molecule has 6 heteroatoms. The molecule has 0 atom stereocenters. The molecule has 142 valence electrons. The van der Waals surface area contributed by atoms with Crippen molar-refractivity contribution in [2.24, 2.45) is 0 Å². The van der Waals surface area contributed by atoms with E-state index >= 15 is 0 Å². The number of amides is 2. The van der Waals surface area contributed by atoms with Gasteiger partial charge in [0.1, 0.15) is 5.75 Å². The first kappa shape index (κ1) is 19.6. The molecule has 0 aliphatic rings.